The average molecular weight is 484 g/mol. The second-order valence-corrected chi connectivity index (χ2v) is 11.1. The summed E-state index contributed by atoms with van der Waals surface area (Å²) in [5.41, 5.74) is 1.63. The summed E-state index contributed by atoms with van der Waals surface area (Å²) in [4.78, 5) is 30.7. The van der Waals surface area contributed by atoms with Crippen LogP contribution in [0.4, 0.5) is 0 Å². The first kappa shape index (κ1) is 22.5. The molecule has 1 atom stereocenters. The lowest BCUT2D eigenvalue weighted by Gasteiger charge is -2.45. The first-order chi connectivity index (χ1) is 15.9. The maximum atomic E-state index is 13.8. The second kappa shape index (κ2) is 8.80. The van der Waals surface area contributed by atoms with Crippen LogP contribution in [-0.2, 0) is 24.3 Å². The first-order valence-electron chi connectivity index (χ1n) is 11.9. The van der Waals surface area contributed by atoms with Crippen molar-refractivity contribution >= 4 is 45.0 Å². The molecular formula is C26H30ClN3O2S. The lowest BCUT2D eigenvalue weighted by atomic mass is 9.91. The maximum Gasteiger partial charge on any atom is 0.271 e. The van der Waals surface area contributed by atoms with Gasteiger partial charge in [-0.2, -0.15) is 0 Å². The van der Waals surface area contributed by atoms with Crippen molar-refractivity contribution in [2.24, 2.45) is 0 Å². The van der Waals surface area contributed by atoms with Gasteiger partial charge >= 0.3 is 0 Å². The first-order valence-corrected chi connectivity index (χ1v) is 13.1. The fourth-order valence-electron chi connectivity index (χ4n) is 5.22. The van der Waals surface area contributed by atoms with E-state index in [0.29, 0.717) is 23.8 Å². The minimum Gasteiger partial charge on any atom is -0.351 e. The van der Waals surface area contributed by atoms with Crippen LogP contribution in [0.5, 0.6) is 0 Å². The van der Waals surface area contributed by atoms with Crippen LogP contribution in [0.1, 0.15) is 66.9 Å². The van der Waals surface area contributed by atoms with Crippen LogP contribution in [0.3, 0.4) is 0 Å². The molecule has 5 rings (SSSR count). The minimum absolute atomic E-state index is 0.0665. The van der Waals surface area contributed by atoms with Gasteiger partial charge in [0.05, 0.1) is 16.8 Å². The molecule has 7 heteroatoms. The molecule has 1 saturated carbocycles. The Morgan fingerprint density at radius 2 is 2.00 bits per heavy atom. The number of carbonyl (C=O) groups excluding carboxylic acids is 2. The Bertz CT molecular complexity index is 1210. The van der Waals surface area contributed by atoms with E-state index >= 15 is 0 Å². The molecule has 1 aromatic carbocycles. The van der Waals surface area contributed by atoms with Crippen LogP contribution in [0.15, 0.2) is 36.4 Å². The summed E-state index contributed by atoms with van der Waals surface area (Å²) in [6.45, 7) is 4.83. The Labute approximate surface area is 203 Å². The molecule has 2 amide bonds. The Morgan fingerprint density at radius 3 is 2.73 bits per heavy atom. The van der Waals surface area contributed by atoms with E-state index in [0.717, 1.165) is 47.9 Å². The Balaban J connectivity index is 1.54. The molecule has 2 aliphatic rings. The number of nitrogens with zero attached hydrogens (tertiary/aromatic N) is 2. The van der Waals surface area contributed by atoms with E-state index < -0.39 is 5.54 Å². The monoisotopic (exact) mass is 483 g/mol. The van der Waals surface area contributed by atoms with Gasteiger partial charge in [-0.05, 0) is 56.0 Å². The molecule has 1 N–H and O–H groups in total. The molecule has 0 spiro atoms. The number of rotatable bonds is 5. The molecule has 0 radical (unpaired) electrons. The molecule has 0 saturated heterocycles. The quantitative estimate of drug-likeness (QED) is 0.500. The van der Waals surface area contributed by atoms with Gasteiger partial charge in [-0.1, -0.05) is 49.9 Å². The summed E-state index contributed by atoms with van der Waals surface area (Å²) >= 11 is 7.95. The number of aromatic nitrogens is 1. The number of thiophene rings is 1. The molecule has 3 heterocycles. The van der Waals surface area contributed by atoms with Gasteiger partial charge in [0, 0.05) is 22.5 Å². The average Bonchev–Trinajstić information content (AvgIpc) is 3.36. The van der Waals surface area contributed by atoms with Crippen LogP contribution in [0.25, 0.3) is 10.2 Å². The van der Waals surface area contributed by atoms with Gasteiger partial charge in [0.2, 0.25) is 5.91 Å². The lowest BCUT2D eigenvalue weighted by molar-refractivity contribution is -0.134. The highest BCUT2D eigenvalue weighted by Crippen LogP contribution is 2.37. The largest absolute Gasteiger partial charge is 0.351 e. The summed E-state index contributed by atoms with van der Waals surface area (Å²) in [6.07, 6.45) is 6.49. The zero-order valence-corrected chi connectivity index (χ0v) is 20.8. The number of hydrogen-bond acceptors (Lipinski definition) is 3. The van der Waals surface area contributed by atoms with Gasteiger partial charge in [0.25, 0.3) is 5.91 Å². The van der Waals surface area contributed by atoms with Crippen molar-refractivity contribution in [1.29, 1.82) is 0 Å². The highest BCUT2D eigenvalue weighted by Gasteiger charge is 2.48. The van der Waals surface area contributed by atoms with Crippen LogP contribution < -0.4 is 5.32 Å². The summed E-state index contributed by atoms with van der Waals surface area (Å²) < 4.78 is 3.16. The van der Waals surface area contributed by atoms with Gasteiger partial charge in [0.1, 0.15) is 11.2 Å². The third-order valence-electron chi connectivity index (χ3n) is 7.17. The van der Waals surface area contributed by atoms with Gasteiger partial charge in [-0.15, -0.1) is 11.3 Å². The zero-order valence-electron chi connectivity index (χ0n) is 19.2. The SMILES string of the molecule is CCc1cc2c(cc3n2C[C@@](C)(C(=O)NC2CCCCC2)N(Cc2cccc(Cl)c2)C3=O)s1. The van der Waals surface area contributed by atoms with Crippen molar-refractivity contribution < 1.29 is 9.59 Å². The van der Waals surface area contributed by atoms with E-state index in [-0.39, 0.29) is 17.9 Å². The Morgan fingerprint density at radius 1 is 1.21 bits per heavy atom. The predicted octanol–water partition coefficient (Wildman–Crippen LogP) is 5.78. The summed E-state index contributed by atoms with van der Waals surface area (Å²) in [5.74, 6) is -0.174. The van der Waals surface area contributed by atoms with Crippen molar-refractivity contribution in [2.45, 2.75) is 77.0 Å². The van der Waals surface area contributed by atoms with E-state index in [4.69, 9.17) is 11.6 Å². The third kappa shape index (κ3) is 4.08. The smallest absolute Gasteiger partial charge is 0.271 e. The molecule has 5 nitrogen and oxygen atoms in total. The van der Waals surface area contributed by atoms with E-state index in [1.165, 1.54) is 11.3 Å². The molecule has 2 aromatic heterocycles. The van der Waals surface area contributed by atoms with Gasteiger partial charge in [-0.25, -0.2) is 0 Å². The standard InChI is InChI=1S/C26H30ClN3O2S/c1-3-20-13-21-23(33-20)14-22-24(31)30(15-17-8-7-9-18(27)12-17)26(2,16-29(21)22)25(32)28-19-10-5-4-6-11-19/h7-9,12-14,19H,3-6,10-11,15-16H2,1-2H3,(H,28,32)/t26-/m0/s1. The number of carbonyl (C=O) groups is 2. The molecule has 0 bridgehead atoms. The minimum atomic E-state index is -0.996. The Hall–Kier alpha value is -2.31. The van der Waals surface area contributed by atoms with Crippen molar-refractivity contribution in [3.8, 4) is 0 Å². The number of aryl methyl sites for hydroxylation is 1. The summed E-state index contributed by atoms with van der Waals surface area (Å²) in [7, 11) is 0. The molecule has 1 aliphatic heterocycles. The summed E-state index contributed by atoms with van der Waals surface area (Å²) in [5, 5.41) is 3.92. The van der Waals surface area contributed by atoms with Crippen molar-refractivity contribution in [3.05, 3.63) is 57.6 Å². The molecule has 0 unspecified atom stereocenters. The lowest BCUT2D eigenvalue weighted by Crippen LogP contribution is -2.64. The molecule has 1 fully saturated rings. The molecular weight excluding hydrogens is 454 g/mol. The van der Waals surface area contributed by atoms with E-state index in [9.17, 15) is 9.59 Å². The van der Waals surface area contributed by atoms with E-state index in [1.807, 2.05) is 37.3 Å². The maximum absolute atomic E-state index is 13.8. The molecule has 33 heavy (non-hydrogen) atoms. The van der Waals surface area contributed by atoms with Crippen molar-refractivity contribution in [1.82, 2.24) is 14.8 Å². The zero-order chi connectivity index (χ0) is 23.2. The van der Waals surface area contributed by atoms with E-state index in [2.05, 4.69) is 22.9 Å². The van der Waals surface area contributed by atoms with Crippen LogP contribution in [-0.4, -0.2) is 32.9 Å². The fourth-order valence-corrected chi connectivity index (χ4v) is 6.47. The van der Waals surface area contributed by atoms with Gasteiger partial charge in [0.15, 0.2) is 0 Å². The number of fused-ring (bicyclic) bond motifs is 3. The topological polar surface area (TPSA) is 54.3 Å². The molecule has 3 aromatic rings. The van der Waals surface area contributed by atoms with Crippen LogP contribution >= 0.6 is 22.9 Å². The third-order valence-corrected chi connectivity index (χ3v) is 8.63. The number of amides is 2. The molecule has 1 aliphatic carbocycles. The number of halogens is 1. The van der Waals surface area contributed by atoms with Gasteiger partial charge in [-0.3, -0.25) is 9.59 Å². The fraction of sp³-hybridized carbons (Fsp3) is 0.462. The van der Waals surface area contributed by atoms with Gasteiger partial charge < -0.3 is 14.8 Å². The highest BCUT2D eigenvalue weighted by atomic mass is 35.5. The molecule has 174 valence electrons. The van der Waals surface area contributed by atoms with Crippen LogP contribution in [0.2, 0.25) is 5.02 Å². The number of hydrogen-bond donors (Lipinski definition) is 1. The van der Waals surface area contributed by atoms with Crippen molar-refractivity contribution in [3.63, 3.8) is 0 Å². The van der Waals surface area contributed by atoms with Crippen molar-refractivity contribution in [2.75, 3.05) is 0 Å². The second-order valence-electron chi connectivity index (χ2n) is 9.53. The number of benzene rings is 1. The predicted molar refractivity (Wildman–Crippen MR) is 134 cm³/mol. The normalized spacial score (nSPS) is 21.4. The van der Waals surface area contributed by atoms with Crippen LogP contribution in [0, 0.1) is 0 Å². The van der Waals surface area contributed by atoms with E-state index in [1.54, 1.807) is 16.2 Å². The highest BCUT2D eigenvalue weighted by molar-refractivity contribution is 7.19. The summed E-state index contributed by atoms with van der Waals surface area (Å²) in [6, 6.07) is 11.9. The number of nitrogens with one attached hydrogen (secondary N) is 1. The Kier molecular flexibility index (Phi) is 6.00.